The summed E-state index contributed by atoms with van der Waals surface area (Å²) < 4.78 is 35.7. The number of nitrogens with zero attached hydrogens (tertiary/aromatic N) is 1. The number of sulfone groups is 1. The summed E-state index contributed by atoms with van der Waals surface area (Å²) in [6, 6.07) is 12.0. The van der Waals surface area contributed by atoms with Gasteiger partial charge < -0.3 is 14.4 Å². The van der Waals surface area contributed by atoms with Crippen molar-refractivity contribution in [3.05, 3.63) is 53.6 Å². The molecule has 164 valence electrons. The molecule has 0 atom stereocenters. The number of carbonyl (C=O) groups is 1. The number of benzene rings is 2. The minimum absolute atomic E-state index is 0.0504. The van der Waals surface area contributed by atoms with Crippen LogP contribution in [0.3, 0.4) is 0 Å². The molecule has 2 aromatic carbocycles. The Labute approximate surface area is 179 Å². The highest BCUT2D eigenvalue weighted by Crippen LogP contribution is 2.29. The van der Waals surface area contributed by atoms with E-state index >= 15 is 0 Å². The van der Waals surface area contributed by atoms with Gasteiger partial charge in [0, 0.05) is 19.3 Å². The first-order valence-electron chi connectivity index (χ1n) is 10.3. The number of ether oxygens (including phenoxy) is 2. The number of rotatable bonds is 11. The Morgan fingerprint density at radius 2 is 1.70 bits per heavy atom. The van der Waals surface area contributed by atoms with Crippen molar-refractivity contribution in [2.75, 3.05) is 26.0 Å². The number of carbonyl (C=O) groups excluding carboxylic acids is 1. The first-order valence-corrected chi connectivity index (χ1v) is 12.2. The van der Waals surface area contributed by atoms with Crippen LogP contribution in [0.5, 0.6) is 11.5 Å². The molecule has 0 aliphatic heterocycles. The van der Waals surface area contributed by atoms with Gasteiger partial charge in [0.25, 0.3) is 5.91 Å². The normalized spacial score (nSPS) is 11.2. The zero-order chi connectivity index (χ0) is 22.1. The molecule has 7 heteroatoms. The Kier molecular flexibility index (Phi) is 8.72. The molecule has 6 nitrogen and oxygen atoms in total. The highest BCUT2D eigenvalue weighted by molar-refractivity contribution is 7.90. The summed E-state index contributed by atoms with van der Waals surface area (Å²) in [6.45, 7) is 7.89. The van der Waals surface area contributed by atoms with Gasteiger partial charge in [0.15, 0.2) is 21.3 Å². The van der Waals surface area contributed by atoms with Crippen LogP contribution in [0.2, 0.25) is 0 Å². The topological polar surface area (TPSA) is 72.9 Å². The molecular formula is C23H31NO5S. The number of hydrogen-bond acceptors (Lipinski definition) is 5. The Morgan fingerprint density at radius 3 is 2.33 bits per heavy atom. The van der Waals surface area contributed by atoms with Gasteiger partial charge in [-0.3, -0.25) is 4.79 Å². The van der Waals surface area contributed by atoms with Gasteiger partial charge in [0.1, 0.15) is 0 Å². The fourth-order valence-electron chi connectivity index (χ4n) is 3.13. The number of amides is 1. The quantitative estimate of drug-likeness (QED) is 0.527. The van der Waals surface area contributed by atoms with Crippen molar-refractivity contribution in [3.8, 4) is 11.5 Å². The van der Waals surface area contributed by atoms with Crippen molar-refractivity contribution in [1.82, 2.24) is 4.90 Å². The van der Waals surface area contributed by atoms with E-state index in [9.17, 15) is 13.2 Å². The van der Waals surface area contributed by atoms with Crippen LogP contribution in [0.15, 0.2) is 47.4 Å². The molecule has 0 N–H and O–H groups in total. The zero-order valence-electron chi connectivity index (χ0n) is 18.2. The average Bonchev–Trinajstić information content (AvgIpc) is 2.72. The van der Waals surface area contributed by atoms with Crippen LogP contribution in [0.4, 0.5) is 0 Å². The van der Waals surface area contributed by atoms with E-state index in [1.807, 2.05) is 39.0 Å². The third-order valence-corrected chi connectivity index (χ3v) is 5.60. The molecule has 1 amide bonds. The molecule has 0 saturated heterocycles. The SMILES string of the molecule is CCCOc1ccc(CN(CCC)C(=O)c2ccccc2S(C)(=O)=O)cc1OCC. The second-order valence-electron chi connectivity index (χ2n) is 7.06. The molecule has 0 spiro atoms. The lowest BCUT2D eigenvalue weighted by Crippen LogP contribution is -2.32. The van der Waals surface area contributed by atoms with Crippen molar-refractivity contribution in [3.63, 3.8) is 0 Å². The summed E-state index contributed by atoms with van der Waals surface area (Å²) in [6.07, 6.45) is 2.77. The second kappa shape index (κ2) is 11.0. The highest BCUT2D eigenvalue weighted by Gasteiger charge is 2.23. The molecule has 2 rings (SSSR count). The maximum Gasteiger partial charge on any atom is 0.255 e. The Bertz CT molecular complexity index is 956. The lowest BCUT2D eigenvalue weighted by molar-refractivity contribution is 0.0739. The predicted molar refractivity (Wildman–Crippen MR) is 118 cm³/mol. The van der Waals surface area contributed by atoms with Crippen LogP contribution in [-0.4, -0.2) is 45.2 Å². The minimum atomic E-state index is -3.51. The summed E-state index contributed by atoms with van der Waals surface area (Å²) in [5.74, 6) is 1.02. The van der Waals surface area contributed by atoms with Crippen LogP contribution in [0.1, 0.15) is 49.5 Å². The van der Waals surface area contributed by atoms with E-state index < -0.39 is 9.84 Å². The molecule has 0 radical (unpaired) electrons. The third-order valence-electron chi connectivity index (χ3n) is 4.44. The standard InChI is InChI=1S/C23H31NO5S/c1-5-14-24(23(25)19-10-8-9-11-22(19)30(4,26)27)17-18-12-13-20(29-15-6-2)21(16-18)28-7-3/h8-13,16H,5-7,14-15,17H2,1-4H3. The molecule has 0 aliphatic carbocycles. The lowest BCUT2D eigenvalue weighted by Gasteiger charge is -2.24. The van der Waals surface area contributed by atoms with Gasteiger partial charge in [0.05, 0.1) is 23.7 Å². The maximum absolute atomic E-state index is 13.2. The van der Waals surface area contributed by atoms with Crippen molar-refractivity contribution in [1.29, 1.82) is 0 Å². The maximum atomic E-state index is 13.2. The van der Waals surface area contributed by atoms with E-state index in [0.29, 0.717) is 37.8 Å². The van der Waals surface area contributed by atoms with Crippen LogP contribution >= 0.6 is 0 Å². The fourth-order valence-corrected chi connectivity index (χ4v) is 4.01. The fraction of sp³-hybridized carbons (Fsp3) is 0.435. The van der Waals surface area contributed by atoms with Gasteiger partial charge in [-0.25, -0.2) is 8.42 Å². The molecular weight excluding hydrogens is 402 g/mol. The van der Waals surface area contributed by atoms with Crippen LogP contribution in [0, 0.1) is 0 Å². The molecule has 0 bridgehead atoms. The van der Waals surface area contributed by atoms with Crippen molar-refractivity contribution in [2.24, 2.45) is 0 Å². The van der Waals surface area contributed by atoms with Gasteiger partial charge in [-0.1, -0.05) is 32.0 Å². The molecule has 2 aromatic rings. The van der Waals surface area contributed by atoms with Crippen molar-refractivity contribution >= 4 is 15.7 Å². The third kappa shape index (κ3) is 6.23. The first kappa shape index (κ1) is 23.7. The van der Waals surface area contributed by atoms with Gasteiger partial charge in [-0.2, -0.15) is 0 Å². The van der Waals surface area contributed by atoms with E-state index in [4.69, 9.17) is 9.47 Å². The monoisotopic (exact) mass is 433 g/mol. The molecule has 30 heavy (non-hydrogen) atoms. The minimum Gasteiger partial charge on any atom is -0.490 e. The van der Waals surface area contributed by atoms with Gasteiger partial charge >= 0.3 is 0 Å². The Morgan fingerprint density at radius 1 is 0.967 bits per heavy atom. The Hall–Kier alpha value is -2.54. The largest absolute Gasteiger partial charge is 0.490 e. The lowest BCUT2D eigenvalue weighted by atomic mass is 10.1. The van der Waals surface area contributed by atoms with E-state index in [2.05, 4.69) is 0 Å². The van der Waals surface area contributed by atoms with Crippen LogP contribution in [0.25, 0.3) is 0 Å². The van der Waals surface area contributed by atoms with Gasteiger partial charge in [-0.05, 0) is 49.6 Å². The molecule has 0 unspecified atom stereocenters. The smallest absolute Gasteiger partial charge is 0.255 e. The summed E-state index contributed by atoms with van der Waals surface area (Å²) in [7, 11) is -3.51. The van der Waals surface area contributed by atoms with Crippen LogP contribution < -0.4 is 9.47 Å². The van der Waals surface area contributed by atoms with E-state index in [-0.39, 0.29) is 16.4 Å². The molecule has 0 aliphatic rings. The van der Waals surface area contributed by atoms with Crippen molar-refractivity contribution < 1.29 is 22.7 Å². The van der Waals surface area contributed by atoms with E-state index in [1.165, 1.54) is 6.07 Å². The summed E-state index contributed by atoms with van der Waals surface area (Å²) in [5.41, 5.74) is 1.09. The van der Waals surface area contributed by atoms with E-state index in [1.54, 1.807) is 23.1 Å². The zero-order valence-corrected chi connectivity index (χ0v) is 19.0. The first-order chi connectivity index (χ1) is 14.3. The molecule has 0 aromatic heterocycles. The van der Waals surface area contributed by atoms with Gasteiger partial charge in [-0.15, -0.1) is 0 Å². The molecule has 0 heterocycles. The molecule has 0 saturated carbocycles. The van der Waals surface area contributed by atoms with Crippen LogP contribution in [-0.2, 0) is 16.4 Å². The predicted octanol–water partition coefficient (Wildman–Crippen LogP) is 4.33. The summed E-state index contributed by atoms with van der Waals surface area (Å²) in [4.78, 5) is 14.9. The summed E-state index contributed by atoms with van der Waals surface area (Å²) >= 11 is 0. The van der Waals surface area contributed by atoms with E-state index in [0.717, 1.165) is 24.7 Å². The molecule has 0 fully saturated rings. The summed E-state index contributed by atoms with van der Waals surface area (Å²) in [5, 5.41) is 0. The Balaban J connectivity index is 2.34. The van der Waals surface area contributed by atoms with Gasteiger partial charge in [0.2, 0.25) is 0 Å². The number of hydrogen-bond donors (Lipinski definition) is 0. The highest BCUT2D eigenvalue weighted by atomic mass is 32.2. The second-order valence-corrected chi connectivity index (χ2v) is 9.04. The van der Waals surface area contributed by atoms with Crippen molar-refractivity contribution in [2.45, 2.75) is 45.1 Å². The average molecular weight is 434 g/mol.